The third kappa shape index (κ3) is 3.44. The number of imidazole rings is 1. The monoisotopic (exact) mass is 275 g/mol. The first-order chi connectivity index (χ1) is 9.20. The van der Waals surface area contributed by atoms with Crippen molar-refractivity contribution in [1.29, 1.82) is 0 Å². The molecule has 0 unspecified atom stereocenters. The lowest BCUT2D eigenvalue weighted by molar-refractivity contribution is 0.0943. The third-order valence-electron chi connectivity index (χ3n) is 2.42. The van der Waals surface area contributed by atoms with Crippen LogP contribution in [0.1, 0.15) is 20.2 Å². The number of rotatable bonds is 3. The Morgan fingerprint density at radius 2 is 2.42 bits per heavy atom. The normalized spacial score (nSPS) is 9.79. The van der Waals surface area contributed by atoms with Gasteiger partial charge in [0.05, 0.1) is 23.9 Å². The van der Waals surface area contributed by atoms with E-state index in [1.807, 2.05) is 12.1 Å². The number of carbonyl (C=O) groups excluding carboxylic acids is 1. The Morgan fingerprint density at radius 3 is 3.11 bits per heavy atom. The number of aryl methyl sites for hydroxylation is 1. The van der Waals surface area contributed by atoms with Crippen LogP contribution in [0.15, 0.2) is 24.7 Å². The molecule has 2 N–H and O–H groups in total. The maximum atomic E-state index is 11.9. The summed E-state index contributed by atoms with van der Waals surface area (Å²) in [5.74, 6) is 5.26. The highest BCUT2D eigenvalue weighted by atomic mass is 32.1. The Balaban J connectivity index is 1.94. The zero-order chi connectivity index (χ0) is 13.7. The molecule has 2 aromatic rings. The minimum Gasteiger partial charge on any atom is -0.384 e. The SMILES string of the molecule is Cn1cncc1C(=O)NCc1ccc(C#CCO)s1. The van der Waals surface area contributed by atoms with Crippen molar-refractivity contribution in [2.45, 2.75) is 6.54 Å². The number of aliphatic hydroxyl groups excluding tert-OH is 1. The van der Waals surface area contributed by atoms with Crippen molar-refractivity contribution in [2.24, 2.45) is 7.05 Å². The maximum Gasteiger partial charge on any atom is 0.269 e. The molecule has 1 amide bonds. The number of hydrogen-bond acceptors (Lipinski definition) is 4. The number of hydrogen-bond donors (Lipinski definition) is 2. The number of amides is 1. The van der Waals surface area contributed by atoms with E-state index in [0.717, 1.165) is 9.75 Å². The zero-order valence-electron chi connectivity index (χ0n) is 10.4. The quantitative estimate of drug-likeness (QED) is 0.813. The molecule has 0 atom stereocenters. The van der Waals surface area contributed by atoms with Gasteiger partial charge in [0.2, 0.25) is 0 Å². The smallest absolute Gasteiger partial charge is 0.269 e. The molecular weight excluding hydrogens is 262 g/mol. The molecule has 0 radical (unpaired) electrons. The van der Waals surface area contributed by atoms with Gasteiger partial charge in [-0.15, -0.1) is 11.3 Å². The van der Waals surface area contributed by atoms with Crippen LogP contribution < -0.4 is 5.32 Å². The van der Waals surface area contributed by atoms with Crippen molar-refractivity contribution in [3.63, 3.8) is 0 Å². The largest absolute Gasteiger partial charge is 0.384 e. The first-order valence-corrected chi connectivity index (χ1v) is 6.45. The zero-order valence-corrected chi connectivity index (χ0v) is 11.2. The Morgan fingerprint density at radius 1 is 1.58 bits per heavy atom. The van der Waals surface area contributed by atoms with Crippen molar-refractivity contribution in [3.05, 3.63) is 40.1 Å². The number of thiophene rings is 1. The lowest BCUT2D eigenvalue weighted by Gasteiger charge is -2.03. The summed E-state index contributed by atoms with van der Waals surface area (Å²) in [6, 6.07) is 3.79. The Bertz CT molecular complexity index is 634. The summed E-state index contributed by atoms with van der Waals surface area (Å²) in [5.41, 5.74) is 0.525. The van der Waals surface area contributed by atoms with E-state index in [4.69, 9.17) is 5.11 Å². The summed E-state index contributed by atoms with van der Waals surface area (Å²) in [6.07, 6.45) is 3.12. The summed E-state index contributed by atoms with van der Waals surface area (Å²) in [4.78, 5) is 17.6. The molecular formula is C13H13N3O2S. The Kier molecular flexibility index (Phi) is 4.34. The first kappa shape index (κ1) is 13.3. The highest BCUT2D eigenvalue weighted by Gasteiger charge is 2.09. The number of nitrogens with one attached hydrogen (secondary N) is 1. The van der Waals surface area contributed by atoms with E-state index in [0.29, 0.717) is 12.2 Å². The van der Waals surface area contributed by atoms with E-state index in [9.17, 15) is 4.79 Å². The van der Waals surface area contributed by atoms with Crippen LogP contribution >= 0.6 is 11.3 Å². The van der Waals surface area contributed by atoms with E-state index < -0.39 is 0 Å². The molecule has 0 aromatic carbocycles. The van der Waals surface area contributed by atoms with Crippen LogP contribution in [0.5, 0.6) is 0 Å². The van der Waals surface area contributed by atoms with E-state index in [-0.39, 0.29) is 12.5 Å². The molecule has 0 saturated carbocycles. The number of aromatic nitrogens is 2. The molecule has 0 aliphatic carbocycles. The van der Waals surface area contributed by atoms with Gasteiger partial charge < -0.3 is 15.0 Å². The minimum atomic E-state index is -0.156. The summed E-state index contributed by atoms with van der Waals surface area (Å²) in [5, 5.41) is 11.4. The lowest BCUT2D eigenvalue weighted by Crippen LogP contribution is -2.24. The fourth-order valence-electron chi connectivity index (χ4n) is 1.50. The fourth-order valence-corrected chi connectivity index (χ4v) is 2.32. The van der Waals surface area contributed by atoms with Crippen LogP contribution in [0.2, 0.25) is 0 Å². The van der Waals surface area contributed by atoms with Gasteiger partial charge in [0.15, 0.2) is 0 Å². The predicted molar refractivity (Wildman–Crippen MR) is 72.7 cm³/mol. The van der Waals surface area contributed by atoms with Gasteiger partial charge in [0.25, 0.3) is 5.91 Å². The molecule has 0 aliphatic heterocycles. The van der Waals surface area contributed by atoms with Gasteiger partial charge in [0.1, 0.15) is 12.3 Å². The first-order valence-electron chi connectivity index (χ1n) is 5.63. The summed E-state index contributed by atoms with van der Waals surface area (Å²) in [6.45, 7) is 0.305. The second kappa shape index (κ2) is 6.18. The van der Waals surface area contributed by atoms with Crippen molar-refractivity contribution in [1.82, 2.24) is 14.9 Å². The van der Waals surface area contributed by atoms with Crippen LogP contribution in [-0.4, -0.2) is 27.2 Å². The van der Waals surface area contributed by atoms with Crippen LogP contribution in [0, 0.1) is 11.8 Å². The van der Waals surface area contributed by atoms with E-state index in [1.165, 1.54) is 17.5 Å². The third-order valence-corrected chi connectivity index (χ3v) is 3.43. The molecule has 2 aromatic heterocycles. The second-order valence-electron chi connectivity index (χ2n) is 3.80. The molecule has 2 rings (SSSR count). The minimum absolute atomic E-state index is 0.148. The lowest BCUT2D eigenvalue weighted by atomic mass is 10.4. The van der Waals surface area contributed by atoms with Gasteiger partial charge in [-0.05, 0) is 12.1 Å². The fraction of sp³-hybridized carbons (Fsp3) is 0.231. The van der Waals surface area contributed by atoms with Crippen molar-refractivity contribution >= 4 is 17.2 Å². The molecule has 19 heavy (non-hydrogen) atoms. The molecule has 0 spiro atoms. The molecule has 0 bridgehead atoms. The van der Waals surface area contributed by atoms with Gasteiger partial charge >= 0.3 is 0 Å². The standard InChI is InChI=1S/C13H13N3O2S/c1-16-9-14-8-12(16)13(18)15-7-11-5-4-10(19-11)3-2-6-17/h4-5,8-9,17H,6-7H2,1H3,(H,15,18). The molecule has 0 aliphatic rings. The highest BCUT2D eigenvalue weighted by Crippen LogP contribution is 2.15. The van der Waals surface area contributed by atoms with Crippen LogP contribution in [0.3, 0.4) is 0 Å². The molecule has 0 fully saturated rings. The van der Waals surface area contributed by atoms with Gasteiger partial charge in [-0.2, -0.15) is 0 Å². The van der Waals surface area contributed by atoms with Gasteiger partial charge in [-0.1, -0.05) is 11.8 Å². The van der Waals surface area contributed by atoms with Crippen molar-refractivity contribution in [2.75, 3.05) is 6.61 Å². The number of carbonyl (C=O) groups is 1. The highest BCUT2D eigenvalue weighted by molar-refractivity contribution is 7.12. The average Bonchev–Trinajstić information content (AvgIpc) is 3.02. The van der Waals surface area contributed by atoms with Gasteiger partial charge in [0, 0.05) is 11.9 Å². The summed E-state index contributed by atoms with van der Waals surface area (Å²) >= 11 is 1.49. The van der Waals surface area contributed by atoms with E-state index >= 15 is 0 Å². The topological polar surface area (TPSA) is 67.2 Å². The van der Waals surface area contributed by atoms with E-state index in [1.54, 1.807) is 17.9 Å². The Hall–Kier alpha value is -2.10. The number of nitrogens with zero attached hydrogens (tertiary/aromatic N) is 2. The van der Waals surface area contributed by atoms with Crippen LogP contribution in [0.4, 0.5) is 0 Å². The summed E-state index contributed by atoms with van der Waals surface area (Å²) < 4.78 is 1.67. The maximum absolute atomic E-state index is 11.9. The molecule has 6 heteroatoms. The van der Waals surface area contributed by atoms with Crippen molar-refractivity contribution in [3.8, 4) is 11.8 Å². The van der Waals surface area contributed by atoms with Crippen LogP contribution in [-0.2, 0) is 13.6 Å². The van der Waals surface area contributed by atoms with Gasteiger partial charge in [-0.25, -0.2) is 4.98 Å². The summed E-state index contributed by atoms with van der Waals surface area (Å²) in [7, 11) is 1.77. The molecule has 5 nitrogen and oxygen atoms in total. The van der Waals surface area contributed by atoms with E-state index in [2.05, 4.69) is 22.1 Å². The molecule has 0 saturated heterocycles. The number of aliphatic hydroxyl groups is 1. The molecule has 2 heterocycles. The van der Waals surface area contributed by atoms with Crippen LogP contribution in [0.25, 0.3) is 0 Å². The average molecular weight is 275 g/mol. The Labute approximate surface area is 114 Å². The second-order valence-corrected chi connectivity index (χ2v) is 4.97. The molecule has 98 valence electrons. The predicted octanol–water partition coefficient (Wildman–Crippen LogP) is 0.755. The van der Waals surface area contributed by atoms with Gasteiger partial charge in [-0.3, -0.25) is 4.79 Å². The van der Waals surface area contributed by atoms with Crippen molar-refractivity contribution < 1.29 is 9.90 Å².